The predicted molar refractivity (Wildman–Crippen MR) is 135 cm³/mol. The Hall–Kier alpha value is -3.86. The lowest BCUT2D eigenvalue weighted by Crippen LogP contribution is -2.34. The van der Waals surface area contributed by atoms with Crippen LogP contribution in [0.4, 0.5) is 14.5 Å². The molecule has 0 unspecified atom stereocenters. The molecular formula is C25H22F2N4O4S. The van der Waals surface area contributed by atoms with E-state index in [9.17, 15) is 19.5 Å². The van der Waals surface area contributed by atoms with E-state index >= 15 is 8.78 Å². The summed E-state index contributed by atoms with van der Waals surface area (Å²) in [5.41, 5.74) is -2.02. The molecule has 5 rings (SSSR count). The third-order valence-electron chi connectivity index (χ3n) is 6.48. The van der Waals surface area contributed by atoms with Crippen LogP contribution in [0.3, 0.4) is 0 Å². The summed E-state index contributed by atoms with van der Waals surface area (Å²) in [6.07, 6.45) is 0.947. The zero-order chi connectivity index (χ0) is 25.7. The third kappa shape index (κ3) is 3.62. The van der Waals surface area contributed by atoms with Crippen molar-refractivity contribution in [2.45, 2.75) is 6.92 Å². The van der Waals surface area contributed by atoms with Crippen molar-refractivity contribution in [2.24, 2.45) is 7.05 Å². The van der Waals surface area contributed by atoms with E-state index in [1.165, 1.54) is 4.68 Å². The SMILES string of the molecule is Cc1c(-n2cc(C(=O)O)c(=O)c3cc(F)c(N4CCSCC4)c(F)c32)c(=O)n(-c2ccccc2)n1C. The van der Waals surface area contributed by atoms with Crippen LogP contribution in [0.15, 0.2) is 52.2 Å². The molecule has 186 valence electrons. The molecule has 0 saturated carbocycles. The topological polar surface area (TPSA) is 89.5 Å². The van der Waals surface area contributed by atoms with Gasteiger partial charge in [0.1, 0.15) is 22.8 Å². The average Bonchev–Trinajstić information content (AvgIpc) is 3.08. The van der Waals surface area contributed by atoms with Crippen LogP contribution in [0, 0.1) is 18.6 Å². The van der Waals surface area contributed by atoms with Crippen LogP contribution in [0.1, 0.15) is 16.1 Å². The standard InChI is InChI=1S/C25H22F2N4O4S/c1-14-20(24(33)31(28(14)2)15-6-4-3-5-7-15)30-13-17(25(34)35)23(32)16-12-18(26)22(19(27)21(16)30)29-8-10-36-11-9-29/h3-7,12-13H,8-11H2,1-2H3,(H,34,35). The minimum atomic E-state index is -1.56. The summed E-state index contributed by atoms with van der Waals surface area (Å²) in [5, 5.41) is 9.22. The Morgan fingerprint density at radius 2 is 1.72 bits per heavy atom. The fraction of sp³-hybridized carbons (Fsp3) is 0.240. The number of rotatable bonds is 4. The maximum atomic E-state index is 16.2. The summed E-state index contributed by atoms with van der Waals surface area (Å²) in [4.78, 5) is 40.1. The molecule has 0 bridgehead atoms. The van der Waals surface area contributed by atoms with Crippen molar-refractivity contribution in [1.82, 2.24) is 13.9 Å². The molecule has 1 N–H and O–H groups in total. The van der Waals surface area contributed by atoms with Crippen LogP contribution in [-0.4, -0.2) is 49.6 Å². The van der Waals surface area contributed by atoms with Gasteiger partial charge in [0.15, 0.2) is 5.82 Å². The lowest BCUT2D eigenvalue weighted by Gasteiger charge is -2.29. The van der Waals surface area contributed by atoms with Crippen LogP contribution in [0.5, 0.6) is 0 Å². The Bertz CT molecular complexity index is 1640. The Kier molecular flexibility index (Phi) is 5.95. The number of fused-ring (bicyclic) bond motifs is 1. The number of benzene rings is 2. The third-order valence-corrected chi connectivity index (χ3v) is 7.42. The molecular weight excluding hydrogens is 490 g/mol. The lowest BCUT2D eigenvalue weighted by molar-refractivity contribution is 0.0695. The smallest absolute Gasteiger partial charge is 0.341 e. The molecule has 0 spiro atoms. The summed E-state index contributed by atoms with van der Waals surface area (Å²) in [6.45, 7) is 2.45. The molecule has 0 amide bonds. The van der Waals surface area contributed by atoms with Crippen molar-refractivity contribution < 1.29 is 18.7 Å². The van der Waals surface area contributed by atoms with Gasteiger partial charge in [-0.15, -0.1) is 0 Å². The second-order valence-corrected chi connectivity index (χ2v) is 9.70. The second-order valence-electron chi connectivity index (χ2n) is 8.47. The molecule has 0 aliphatic carbocycles. The van der Waals surface area contributed by atoms with Crippen LogP contribution in [0.25, 0.3) is 22.3 Å². The molecule has 1 aliphatic rings. The molecule has 2 aromatic carbocycles. The molecule has 2 aromatic heterocycles. The Morgan fingerprint density at radius 3 is 2.36 bits per heavy atom. The molecule has 36 heavy (non-hydrogen) atoms. The minimum absolute atomic E-state index is 0.0421. The zero-order valence-electron chi connectivity index (χ0n) is 19.5. The molecule has 0 radical (unpaired) electrons. The normalized spacial score (nSPS) is 13.9. The van der Waals surface area contributed by atoms with E-state index in [1.807, 2.05) is 0 Å². The van der Waals surface area contributed by atoms with Crippen molar-refractivity contribution in [3.05, 3.63) is 86.1 Å². The highest BCUT2D eigenvalue weighted by atomic mass is 32.2. The number of anilines is 1. The number of aromatic carboxylic acids is 1. The first-order valence-electron chi connectivity index (χ1n) is 11.2. The lowest BCUT2D eigenvalue weighted by atomic mass is 10.1. The maximum Gasteiger partial charge on any atom is 0.341 e. The Labute approximate surface area is 208 Å². The van der Waals surface area contributed by atoms with Gasteiger partial charge in [-0.3, -0.25) is 14.3 Å². The van der Waals surface area contributed by atoms with Crippen molar-refractivity contribution in [3.8, 4) is 11.4 Å². The number of hydrogen-bond acceptors (Lipinski definition) is 5. The number of carboxylic acid groups (broad SMARTS) is 1. The molecule has 1 saturated heterocycles. The first-order chi connectivity index (χ1) is 17.2. The molecule has 4 aromatic rings. The molecule has 11 heteroatoms. The van der Waals surface area contributed by atoms with E-state index in [1.54, 1.807) is 65.6 Å². The summed E-state index contributed by atoms with van der Waals surface area (Å²) in [5.74, 6) is -2.17. The Balaban J connectivity index is 1.90. The van der Waals surface area contributed by atoms with Crippen LogP contribution >= 0.6 is 11.8 Å². The number of para-hydroxylation sites is 1. The van der Waals surface area contributed by atoms with E-state index < -0.39 is 39.5 Å². The minimum Gasteiger partial charge on any atom is -0.477 e. The number of hydrogen-bond donors (Lipinski definition) is 1. The molecule has 3 heterocycles. The summed E-state index contributed by atoms with van der Waals surface area (Å²) >= 11 is 1.67. The van der Waals surface area contributed by atoms with Gasteiger partial charge >= 0.3 is 5.97 Å². The number of halogens is 2. The van der Waals surface area contributed by atoms with Gasteiger partial charge in [-0.05, 0) is 25.1 Å². The second kappa shape index (κ2) is 8.98. The highest BCUT2D eigenvalue weighted by molar-refractivity contribution is 7.99. The fourth-order valence-corrected chi connectivity index (χ4v) is 5.54. The van der Waals surface area contributed by atoms with Gasteiger partial charge in [0.2, 0.25) is 5.43 Å². The van der Waals surface area contributed by atoms with Gasteiger partial charge < -0.3 is 14.6 Å². The monoisotopic (exact) mass is 512 g/mol. The number of nitrogens with zero attached hydrogens (tertiary/aromatic N) is 4. The molecule has 8 nitrogen and oxygen atoms in total. The van der Waals surface area contributed by atoms with Gasteiger partial charge in [0, 0.05) is 37.8 Å². The van der Waals surface area contributed by atoms with Crippen molar-refractivity contribution in [2.75, 3.05) is 29.5 Å². The quantitative estimate of drug-likeness (QED) is 0.451. The van der Waals surface area contributed by atoms with Crippen LogP contribution in [-0.2, 0) is 7.05 Å². The highest BCUT2D eigenvalue weighted by Crippen LogP contribution is 2.33. The summed E-state index contributed by atoms with van der Waals surface area (Å²) < 4.78 is 35.4. The van der Waals surface area contributed by atoms with E-state index in [0.717, 1.165) is 16.8 Å². The van der Waals surface area contributed by atoms with Crippen molar-refractivity contribution in [1.29, 1.82) is 0 Å². The number of carbonyl (C=O) groups is 1. The first-order valence-corrected chi connectivity index (χ1v) is 12.4. The number of thioether (sulfide) groups is 1. The fourth-order valence-electron chi connectivity index (χ4n) is 4.64. The Morgan fingerprint density at radius 1 is 1.06 bits per heavy atom. The summed E-state index contributed by atoms with van der Waals surface area (Å²) in [7, 11) is 1.64. The van der Waals surface area contributed by atoms with Crippen LogP contribution in [0.2, 0.25) is 0 Å². The maximum absolute atomic E-state index is 16.2. The zero-order valence-corrected chi connectivity index (χ0v) is 20.3. The summed E-state index contributed by atoms with van der Waals surface area (Å²) in [6, 6.07) is 9.62. The molecule has 0 atom stereocenters. The number of pyridine rings is 1. The van der Waals surface area contributed by atoms with Gasteiger partial charge in [-0.1, -0.05) is 18.2 Å². The van der Waals surface area contributed by atoms with Crippen molar-refractivity contribution in [3.63, 3.8) is 0 Å². The van der Waals surface area contributed by atoms with Gasteiger partial charge in [0.25, 0.3) is 5.56 Å². The number of carboxylic acids is 1. The van der Waals surface area contributed by atoms with Gasteiger partial charge in [-0.25, -0.2) is 18.3 Å². The van der Waals surface area contributed by atoms with Gasteiger partial charge in [-0.2, -0.15) is 11.8 Å². The van der Waals surface area contributed by atoms with Crippen molar-refractivity contribution >= 4 is 34.3 Å². The van der Waals surface area contributed by atoms with E-state index in [-0.39, 0.29) is 16.9 Å². The number of aromatic nitrogens is 3. The molecule has 1 fully saturated rings. The van der Waals surface area contributed by atoms with Crippen LogP contribution < -0.4 is 15.9 Å². The average molecular weight is 513 g/mol. The van der Waals surface area contributed by atoms with E-state index in [4.69, 9.17) is 0 Å². The van der Waals surface area contributed by atoms with Gasteiger partial charge in [0.05, 0.1) is 22.3 Å². The highest BCUT2D eigenvalue weighted by Gasteiger charge is 2.28. The molecule has 1 aliphatic heterocycles. The first kappa shape index (κ1) is 23.9. The predicted octanol–water partition coefficient (Wildman–Crippen LogP) is 3.32. The van der Waals surface area contributed by atoms with E-state index in [2.05, 4.69) is 0 Å². The largest absolute Gasteiger partial charge is 0.477 e. The van der Waals surface area contributed by atoms with E-state index in [0.29, 0.717) is 36.0 Å².